The second-order valence-electron chi connectivity index (χ2n) is 5.51. The van der Waals surface area contributed by atoms with Gasteiger partial charge in [0.2, 0.25) is 0 Å². The number of hydrogen-bond acceptors (Lipinski definition) is 6. The molecule has 0 saturated carbocycles. The zero-order valence-electron chi connectivity index (χ0n) is 13.1. The van der Waals surface area contributed by atoms with E-state index in [-0.39, 0.29) is 11.9 Å². The fourth-order valence-electron chi connectivity index (χ4n) is 2.39. The van der Waals surface area contributed by atoms with Gasteiger partial charge in [-0.25, -0.2) is 0 Å². The van der Waals surface area contributed by atoms with Crippen molar-refractivity contribution in [3.8, 4) is 5.75 Å². The lowest BCUT2D eigenvalue weighted by Gasteiger charge is -2.22. The van der Waals surface area contributed by atoms with Gasteiger partial charge < -0.3 is 20.7 Å². The molecule has 2 rings (SSSR count). The molecule has 2 heterocycles. The molecule has 0 radical (unpaired) electrons. The average Bonchev–Trinajstić information content (AvgIpc) is 2.67. The molecule has 21 heavy (non-hydrogen) atoms. The number of nitrogens with two attached hydrogens (primary N) is 1. The highest BCUT2D eigenvalue weighted by atomic mass is 32.1. The lowest BCUT2D eigenvalue weighted by Crippen LogP contribution is -2.27. The van der Waals surface area contributed by atoms with Gasteiger partial charge in [0.25, 0.3) is 0 Å². The van der Waals surface area contributed by atoms with Crippen LogP contribution in [-0.2, 0) is 0 Å². The van der Waals surface area contributed by atoms with Crippen molar-refractivity contribution in [1.82, 2.24) is 5.32 Å². The van der Waals surface area contributed by atoms with Crippen molar-refractivity contribution in [2.45, 2.75) is 39.7 Å². The lowest BCUT2D eigenvalue weighted by atomic mass is 10.2. The van der Waals surface area contributed by atoms with E-state index in [0.717, 1.165) is 37.6 Å². The number of thiophene rings is 1. The van der Waals surface area contributed by atoms with Crippen molar-refractivity contribution in [3.63, 3.8) is 0 Å². The van der Waals surface area contributed by atoms with Gasteiger partial charge in [-0.15, -0.1) is 11.3 Å². The van der Waals surface area contributed by atoms with E-state index in [1.807, 2.05) is 20.8 Å². The maximum Gasteiger partial charge on any atom is 0.177 e. The van der Waals surface area contributed by atoms with Gasteiger partial charge in [-0.1, -0.05) is 6.92 Å². The third-order valence-electron chi connectivity index (χ3n) is 3.44. The molecule has 0 spiro atoms. The predicted molar refractivity (Wildman–Crippen MR) is 88.8 cm³/mol. The van der Waals surface area contributed by atoms with Crippen LogP contribution in [0.4, 0.5) is 10.7 Å². The maximum absolute atomic E-state index is 12.1. The highest BCUT2D eigenvalue weighted by Crippen LogP contribution is 2.46. The van der Waals surface area contributed by atoms with Crippen LogP contribution in [0, 0.1) is 0 Å². The number of carbonyl (C=O) groups is 1. The number of nitrogens with zero attached hydrogens (tertiary/aromatic N) is 1. The monoisotopic (exact) mass is 311 g/mol. The molecule has 1 fully saturated rings. The lowest BCUT2D eigenvalue weighted by molar-refractivity contribution is 0.0992. The Labute approximate surface area is 130 Å². The zero-order chi connectivity index (χ0) is 15.4. The van der Waals surface area contributed by atoms with E-state index in [9.17, 15) is 4.79 Å². The first kappa shape index (κ1) is 16.1. The first-order valence-electron chi connectivity index (χ1n) is 7.62. The smallest absolute Gasteiger partial charge is 0.177 e. The SMILES string of the molecule is CCC(=O)c1sc(N2CCCNCC2)c(OC(C)C)c1N. The number of ketones is 1. The van der Waals surface area contributed by atoms with Crippen LogP contribution in [0.1, 0.15) is 43.3 Å². The second-order valence-corrected chi connectivity index (χ2v) is 6.51. The van der Waals surface area contributed by atoms with Gasteiger partial charge in [0.15, 0.2) is 11.5 Å². The fraction of sp³-hybridized carbons (Fsp3) is 0.667. The summed E-state index contributed by atoms with van der Waals surface area (Å²) in [6.45, 7) is 9.65. The highest BCUT2D eigenvalue weighted by molar-refractivity contribution is 7.19. The van der Waals surface area contributed by atoms with Crippen LogP contribution in [0.5, 0.6) is 5.75 Å². The molecule has 6 heteroatoms. The van der Waals surface area contributed by atoms with Crippen molar-refractivity contribution >= 4 is 27.8 Å². The Hall–Kier alpha value is -1.27. The minimum atomic E-state index is 0.0373. The van der Waals surface area contributed by atoms with Gasteiger partial charge in [-0.3, -0.25) is 4.79 Å². The molecule has 0 aromatic carbocycles. The Morgan fingerprint density at radius 2 is 2.19 bits per heavy atom. The maximum atomic E-state index is 12.1. The Kier molecular flexibility index (Phi) is 5.47. The average molecular weight is 311 g/mol. The van der Waals surface area contributed by atoms with Crippen LogP contribution < -0.4 is 20.7 Å². The number of rotatable bonds is 5. The van der Waals surface area contributed by atoms with Crippen molar-refractivity contribution in [1.29, 1.82) is 0 Å². The summed E-state index contributed by atoms with van der Waals surface area (Å²) in [4.78, 5) is 15.0. The van der Waals surface area contributed by atoms with E-state index in [4.69, 9.17) is 10.5 Å². The minimum absolute atomic E-state index is 0.0373. The molecule has 0 atom stereocenters. The first-order chi connectivity index (χ1) is 10.0. The molecule has 3 N–H and O–H groups in total. The summed E-state index contributed by atoms with van der Waals surface area (Å²) in [5, 5.41) is 4.39. The third-order valence-corrected chi connectivity index (χ3v) is 4.73. The molecule has 0 aliphatic carbocycles. The number of Topliss-reactive ketones (excluding diaryl/α,β-unsaturated/α-hetero) is 1. The Morgan fingerprint density at radius 1 is 1.43 bits per heavy atom. The number of ether oxygens (including phenoxy) is 1. The van der Waals surface area contributed by atoms with Gasteiger partial charge in [0, 0.05) is 26.1 Å². The Morgan fingerprint density at radius 3 is 2.86 bits per heavy atom. The van der Waals surface area contributed by atoms with E-state index in [1.54, 1.807) is 0 Å². The molecule has 1 aromatic rings. The Bertz CT molecular complexity index is 491. The van der Waals surface area contributed by atoms with Crippen molar-refractivity contribution in [3.05, 3.63) is 4.88 Å². The van der Waals surface area contributed by atoms with Gasteiger partial charge in [0.1, 0.15) is 5.00 Å². The summed E-state index contributed by atoms with van der Waals surface area (Å²) in [6.07, 6.45) is 1.58. The van der Waals surface area contributed by atoms with Gasteiger partial charge in [0.05, 0.1) is 16.7 Å². The minimum Gasteiger partial charge on any atom is -0.486 e. The summed E-state index contributed by atoms with van der Waals surface area (Å²) in [6, 6.07) is 0. The van der Waals surface area contributed by atoms with Gasteiger partial charge >= 0.3 is 0 Å². The number of hydrogen-bond donors (Lipinski definition) is 2. The molecular weight excluding hydrogens is 286 g/mol. The van der Waals surface area contributed by atoms with Crippen LogP contribution >= 0.6 is 11.3 Å². The predicted octanol–water partition coefficient (Wildman–Crippen LogP) is 2.51. The molecule has 0 bridgehead atoms. The van der Waals surface area contributed by atoms with Crippen LogP contribution in [0.15, 0.2) is 0 Å². The number of nitrogens with one attached hydrogen (secondary N) is 1. The summed E-state index contributed by atoms with van der Waals surface area (Å²) < 4.78 is 5.92. The molecule has 5 nitrogen and oxygen atoms in total. The molecule has 0 unspecified atom stereocenters. The summed E-state index contributed by atoms with van der Waals surface area (Å²) in [5.41, 5.74) is 6.70. The summed E-state index contributed by atoms with van der Waals surface area (Å²) in [7, 11) is 0. The van der Waals surface area contributed by atoms with Crippen molar-refractivity contribution < 1.29 is 9.53 Å². The normalized spacial score (nSPS) is 16.1. The van der Waals surface area contributed by atoms with E-state index in [1.165, 1.54) is 11.3 Å². The van der Waals surface area contributed by atoms with E-state index >= 15 is 0 Å². The van der Waals surface area contributed by atoms with Crippen LogP contribution in [0.25, 0.3) is 0 Å². The van der Waals surface area contributed by atoms with E-state index in [2.05, 4.69) is 10.2 Å². The number of anilines is 2. The van der Waals surface area contributed by atoms with Crippen LogP contribution in [-0.4, -0.2) is 38.1 Å². The molecule has 0 amide bonds. The quantitative estimate of drug-likeness (QED) is 0.818. The summed E-state index contributed by atoms with van der Waals surface area (Å²) >= 11 is 1.48. The van der Waals surface area contributed by atoms with E-state index < -0.39 is 0 Å². The number of carbonyl (C=O) groups excluding carboxylic acids is 1. The second kappa shape index (κ2) is 7.13. The number of nitrogen functional groups attached to an aromatic ring is 1. The Balaban J connectivity index is 2.38. The molecule has 1 saturated heterocycles. The largest absolute Gasteiger partial charge is 0.486 e. The molecule has 1 aliphatic rings. The van der Waals surface area contributed by atoms with E-state index in [0.29, 0.717) is 22.7 Å². The zero-order valence-corrected chi connectivity index (χ0v) is 13.9. The standard InChI is InChI=1S/C15H25N3O2S/c1-4-11(19)14-12(16)13(20-10(2)3)15(21-14)18-8-5-6-17-7-9-18/h10,17H,4-9,16H2,1-3H3. The fourth-order valence-corrected chi connectivity index (χ4v) is 3.61. The van der Waals surface area contributed by atoms with Crippen LogP contribution in [0.3, 0.4) is 0 Å². The molecule has 1 aromatic heterocycles. The topological polar surface area (TPSA) is 67.6 Å². The van der Waals surface area contributed by atoms with Crippen molar-refractivity contribution in [2.24, 2.45) is 0 Å². The molecular formula is C15H25N3O2S. The first-order valence-corrected chi connectivity index (χ1v) is 8.44. The highest BCUT2D eigenvalue weighted by Gasteiger charge is 2.26. The summed E-state index contributed by atoms with van der Waals surface area (Å²) in [5.74, 6) is 0.777. The molecule has 118 valence electrons. The van der Waals surface area contributed by atoms with Gasteiger partial charge in [-0.05, 0) is 26.8 Å². The molecule has 1 aliphatic heterocycles. The van der Waals surface area contributed by atoms with Gasteiger partial charge in [-0.2, -0.15) is 0 Å². The third kappa shape index (κ3) is 3.68. The van der Waals surface area contributed by atoms with Crippen molar-refractivity contribution in [2.75, 3.05) is 36.8 Å². The van der Waals surface area contributed by atoms with Crippen LogP contribution in [0.2, 0.25) is 0 Å².